The van der Waals surface area contributed by atoms with Gasteiger partial charge in [0, 0.05) is 37.6 Å². The summed E-state index contributed by atoms with van der Waals surface area (Å²) in [5, 5.41) is 56.6. The molecule has 1 aliphatic rings. The van der Waals surface area contributed by atoms with Gasteiger partial charge in [0.2, 0.25) is 5.91 Å². The van der Waals surface area contributed by atoms with E-state index in [1.807, 2.05) is 0 Å². The van der Waals surface area contributed by atoms with E-state index in [4.69, 9.17) is 44.8 Å². The number of aliphatic hydroxyl groups is 3. The van der Waals surface area contributed by atoms with Crippen LogP contribution >= 0.6 is 11.6 Å². The Morgan fingerprint density at radius 2 is 1.35 bits per heavy atom. The number of rotatable bonds is 34. The molecule has 0 aliphatic carbocycles. The van der Waals surface area contributed by atoms with Gasteiger partial charge in [0.25, 0.3) is 22.6 Å². The Balaban J connectivity index is 1.30. The highest BCUT2D eigenvalue weighted by molar-refractivity contribution is 6.30. The maximum Gasteiger partial charge on any atom is 0.407 e. The fourth-order valence-electron chi connectivity index (χ4n) is 6.66. The average molecular weight is 992 g/mol. The summed E-state index contributed by atoms with van der Waals surface area (Å²) in [4.78, 5) is 73.0. The van der Waals surface area contributed by atoms with Gasteiger partial charge in [0.1, 0.15) is 29.2 Å². The van der Waals surface area contributed by atoms with Gasteiger partial charge in [-0.25, -0.2) is 14.0 Å². The van der Waals surface area contributed by atoms with E-state index in [-0.39, 0.29) is 37.6 Å². The predicted octanol–water partition coefficient (Wildman–Crippen LogP) is 0.394. The highest BCUT2D eigenvalue weighted by atomic mass is 35.5. The number of anilines is 2. The van der Waals surface area contributed by atoms with Crippen LogP contribution in [0.4, 0.5) is 20.6 Å². The van der Waals surface area contributed by atoms with Crippen molar-refractivity contribution < 1.29 is 77.2 Å². The molecule has 2 aromatic rings. The summed E-state index contributed by atoms with van der Waals surface area (Å²) < 4.78 is 51.5. The van der Waals surface area contributed by atoms with Crippen LogP contribution in [0.25, 0.3) is 0 Å². The molecule has 0 radical (unpaired) electrons. The SMILES string of the molecule is CC(C)(C)OC(=O)NCCOCCOCCOCCOCCNc1c(NCCCCCCO[C@]2(C(=O)O)C[C@H](O)[C@@H](NC(=O)CF)[C@H]([C@H](O)[C@H](O)CNC(=O)Cc3ccc(Cl)cc3)O2)c(=O)c1=O. The zero-order chi connectivity index (χ0) is 50.1. The van der Waals surface area contributed by atoms with Crippen molar-refractivity contribution in [1.82, 2.24) is 16.0 Å². The van der Waals surface area contributed by atoms with Gasteiger partial charge in [-0.15, -0.1) is 0 Å². The molecule has 6 atom stereocenters. The number of amides is 3. The number of nitrogens with one attached hydrogen (secondary N) is 5. The predicted molar refractivity (Wildman–Crippen MR) is 244 cm³/mol. The number of carboxylic acid groups (broad SMARTS) is 1. The molecule has 0 saturated carbocycles. The molecule has 0 aromatic heterocycles. The van der Waals surface area contributed by atoms with Crippen LogP contribution < -0.4 is 37.4 Å². The second-order valence-electron chi connectivity index (χ2n) is 16.7. The van der Waals surface area contributed by atoms with Crippen LogP contribution in [-0.2, 0) is 54.0 Å². The second-order valence-corrected chi connectivity index (χ2v) is 17.1. The zero-order valence-corrected chi connectivity index (χ0v) is 39.4. The van der Waals surface area contributed by atoms with Crippen LogP contribution in [0.1, 0.15) is 58.4 Å². The summed E-state index contributed by atoms with van der Waals surface area (Å²) in [5.41, 5.74) is -0.905. The highest BCUT2D eigenvalue weighted by Crippen LogP contribution is 2.34. The third kappa shape index (κ3) is 20.6. The van der Waals surface area contributed by atoms with Crippen molar-refractivity contribution in [3.8, 4) is 0 Å². The molecule has 0 bridgehead atoms. The molecule has 0 spiro atoms. The lowest BCUT2D eigenvalue weighted by atomic mass is 9.88. The number of benzene rings is 1. The molecule has 384 valence electrons. The van der Waals surface area contributed by atoms with Gasteiger partial charge < -0.3 is 80.2 Å². The molecule has 0 unspecified atom stereocenters. The third-order valence-corrected chi connectivity index (χ3v) is 10.3. The first kappa shape index (κ1) is 57.8. The van der Waals surface area contributed by atoms with Gasteiger partial charge in [-0.2, -0.15) is 0 Å². The molecule has 68 heavy (non-hydrogen) atoms. The van der Waals surface area contributed by atoms with E-state index in [1.54, 1.807) is 45.0 Å². The smallest absolute Gasteiger partial charge is 0.407 e. The lowest BCUT2D eigenvalue weighted by molar-refractivity contribution is -0.310. The Kier molecular flexibility index (Phi) is 25.6. The molecule has 22 nitrogen and oxygen atoms in total. The van der Waals surface area contributed by atoms with E-state index >= 15 is 0 Å². The van der Waals surface area contributed by atoms with Crippen LogP contribution in [0, 0.1) is 0 Å². The van der Waals surface area contributed by atoms with Crippen molar-refractivity contribution in [1.29, 1.82) is 0 Å². The third-order valence-electron chi connectivity index (χ3n) is 10.1. The normalized spacial score (nSPS) is 19.2. The van der Waals surface area contributed by atoms with Crippen molar-refractivity contribution in [2.45, 2.75) is 101 Å². The summed E-state index contributed by atoms with van der Waals surface area (Å²) in [6.45, 7) is 6.69. The first-order valence-corrected chi connectivity index (χ1v) is 22.8. The van der Waals surface area contributed by atoms with E-state index in [2.05, 4.69) is 26.6 Å². The number of alkyl carbamates (subject to hydrolysis) is 1. The number of carboxylic acids is 1. The summed E-state index contributed by atoms with van der Waals surface area (Å²) in [6, 6.07) is 4.87. The van der Waals surface area contributed by atoms with E-state index in [0.717, 1.165) is 0 Å². The van der Waals surface area contributed by atoms with Crippen LogP contribution in [-0.4, -0.2) is 178 Å². The fourth-order valence-corrected chi connectivity index (χ4v) is 6.78. The minimum Gasteiger partial charge on any atom is -0.477 e. The number of aliphatic hydroxyl groups excluding tert-OH is 3. The van der Waals surface area contributed by atoms with E-state index in [9.17, 15) is 53.6 Å². The van der Waals surface area contributed by atoms with E-state index in [1.165, 1.54) is 0 Å². The summed E-state index contributed by atoms with van der Waals surface area (Å²) in [7, 11) is 0. The minimum absolute atomic E-state index is 0.0903. The monoisotopic (exact) mass is 991 g/mol. The minimum atomic E-state index is -2.54. The highest BCUT2D eigenvalue weighted by Gasteiger charge is 2.55. The largest absolute Gasteiger partial charge is 0.477 e. The van der Waals surface area contributed by atoms with E-state index < -0.39 is 96.2 Å². The average Bonchev–Trinajstić information content (AvgIpc) is 3.29. The Morgan fingerprint density at radius 1 is 0.794 bits per heavy atom. The van der Waals surface area contributed by atoms with Crippen LogP contribution in [0.3, 0.4) is 0 Å². The summed E-state index contributed by atoms with van der Waals surface area (Å²) >= 11 is 5.88. The molecule has 1 heterocycles. The lowest BCUT2D eigenvalue weighted by Gasteiger charge is -2.46. The van der Waals surface area contributed by atoms with Crippen LogP contribution in [0.15, 0.2) is 33.9 Å². The van der Waals surface area contributed by atoms with Crippen molar-refractivity contribution >= 4 is 46.9 Å². The van der Waals surface area contributed by atoms with Gasteiger partial charge in [-0.1, -0.05) is 36.6 Å². The summed E-state index contributed by atoms with van der Waals surface area (Å²) in [6.07, 6.45) is -6.69. The Bertz CT molecular complexity index is 1920. The fraction of sp³-hybridized carbons (Fsp3) is 0.682. The lowest BCUT2D eigenvalue weighted by Crippen LogP contribution is -2.68. The maximum absolute atomic E-state index is 13.2. The Hall–Kier alpha value is -4.56. The molecule has 3 amide bonds. The number of aliphatic carboxylic acids is 1. The molecule has 1 aliphatic heterocycles. The number of carbonyl (C=O) groups is 4. The van der Waals surface area contributed by atoms with Crippen molar-refractivity contribution in [2.75, 3.05) is 103 Å². The zero-order valence-electron chi connectivity index (χ0n) is 38.7. The van der Waals surface area contributed by atoms with Crippen molar-refractivity contribution in [3.05, 3.63) is 55.3 Å². The second kappa shape index (κ2) is 30.1. The molecule has 3 rings (SSSR count). The standard InChI is InChI=1S/C44H67ClFN5O17/c1-43(2,3)68-42(61)49-14-17-63-19-21-65-23-22-64-20-18-62-16-13-48-36-35(38(57)39(36)58)47-12-6-4-5-7-15-66-44(41(59)60)25-30(52)34(51-33(55)26-46)40(67-44)37(56)31(53)27-50-32(54)24-28-8-10-29(45)11-9-28/h8-11,30-31,34,37,40,47-48,52-53,56H,4-7,12-27H2,1-3H3,(H,49,61)(H,50,54)(H,51,55)(H,59,60)/t30-,31+,34+,37+,40+,44+/m0/s1. The number of ether oxygens (including phenoxy) is 7. The number of hydrogen-bond acceptors (Lipinski definition) is 18. The van der Waals surface area contributed by atoms with E-state index in [0.29, 0.717) is 95.6 Å². The number of hydrogen-bond donors (Lipinski definition) is 9. The van der Waals surface area contributed by atoms with Gasteiger partial charge in [0.05, 0.1) is 84.1 Å². The molecular weight excluding hydrogens is 925 g/mol. The molecule has 9 N–H and O–H groups in total. The quantitative estimate of drug-likeness (QED) is 0.0338. The Morgan fingerprint density at radius 3 is 1.93 bits per heavy atom. The van der Waals surface area contributed by atoms with Gasteiger partial charge in [-0.3, -0.25) is 19.2 Å². The first-order chi connectivity index (χ1) is 32.4. The van der Waals surface area contributed by atoms with Gasteiger partial charge in [-0.05, 0) is 51.3 Å². The molecule has 1 fully saturated rings. The maximum atomic E-state index is 13.2. The topological polar surface area (TPSA) is 308 Å². The van der Waals surface area contributed by atoms with Crippen LogP contribution in [0.2, 0.25) is 5.02 Å². The number of unbranched alkanes of at least 4 members (excludes halogenated alkanes) is 3. The molecule has 1 saturated heterocycles. The van der Waals surface area contributed by atoms with Gasteiger partial charge >= 0.3 is 12.1 Å². The summed E-state index contributed by atoms with van der Waals surface area (Å²) in [5.74, 6) is -5.93. The van der Waals surface area contributed by atoms with Gasteiger partial charge in [0.15, 0.2) is 6.67 Å². The molecule has 24 heteroatoms. The molecular formula is C44H67ClFN5O17. The van der Waals surface area contributed by atoms with Crippen molar-refractivity contribution in [2.24, 2.45) is 0 Å². The number of alkyl halides is 1. The Labute approximate surface area is 398 Å². The van der Waals surface area contributed by atoms with Crippen LogP contribution in [0.5, 0.6) is 0 Å². The number of carbonyl (C=O) groups excluding carboxylic acids is 3. The first-order valence-electron chi connectivity index (χ1n) is 22.4. The molecule has 2 aromatic carbocycles. The number of halogens is 2. The van der Waals surface area contributed by atoms with Crippen molar-refractivity contribution in [3.63, 3.8) is 0 Å².